The van der Waals surface area contributed by atoms with Gasteiger partial charge in [0.05, 0.1) is 5.69 Å². The van der Waals surface area contributed by atoms with Gasteiger partial charge in [0.1, 0.15) is 11.6 Å². The van der Waals surface area contributed by atoms with Crippen molar-refractivity contribution in [2.45, 2.75) is 38.6 Å². The quantitative estimate of drug-likeness (QED) is 0.693. The summed E-state index contributed by atoms with van der Waals surface area (Å²) in [6.07, 6.45) is 7.13. The van der Waals surface area contributed by atoms with Crippen molar-refractivity contribution >= 4 is 11.5 Å². The van der Waals surface area contributed by atoms with Gasteiger partial charge in [-0.3, -0.25) is 9.30 Å². The van der Waals surface area contributed by atoms with Gasteiger partial charge in [0, 0.05) is 63.5 Å². The summed E-state index contributed by atoms with van der Waals surface area (Å²) in [6.45, 7) is 6.75. The van der Waals surface area contributed by atoms with Crippen molar-refractivity contribution < 1.29 is 4.52 Å². The first-order chi connectivity index (χ1) is 12.8. The van der Waals surface area contributed by atoms with Crippen LogP contribution >= 0.6 is 0 Å². The Morgan fingerprint density at radius 2 is 2.00 bits per heavy atom. The highest BCUT2D eigenvalue weighted by Gasteiger charge is 2.28. The third-order valence-corrected chi connectivity index (χ3v) is 5.31. The SMILES string of the molecule is CCc1nnc2c(N3CCN(Cc4cc(C5CC5)on4)CC3)nccn12. The fourth-order valence-corrected chi connectivity index (χ4v) is 3.64. The van der Waals surface area contributed by atoms with Crippen molar-refractivity contribution in [1.29, 1.82) is 0 Å². The van der Waals surface area contributed by atoms with Crippen molar-refractivity contribution in [2.75, 3.05) is 31.1 Å². The summed E-state index contributed by atoms with van der Waals surface area (Å²) in [4.78, 5) is 9.30. The van der Waals surface area contributed by atoms with E-state index in [9.17, 15) is 0 Å². The molecule has 0 radical (unpaired) electrons. The van der Waals surface area contributed by atoms with E-state index >= 15 is 0 Å². The van der Waals surface area contributed by atoms with Crippen LogP contribution in [0.25, 0.3) is 5.65 Å². The van der Waals surface area contributed by atoms with Crippen LogP contribution in [0.4, 0.5) is 5.82 Å². The molecule has 8 heteroatoms. The van der Waals surface area contributed by atoms with Gasteiger partial charge in [0.25, 0.3) is 0 Å². The van der Waals surface area contributed by atoms with Gasteiger partial charge < -0.3 is 9.42 Å². The molecule has 136 valence electrons. The molecular weight excluding hydrogens is 330 g/mol. The van der Waals surface area contributed by atoms with Gasteiger partial charge in [-0.2, -0.15) is 0 Å². The molecule has 1 saturated heterocycles. The highest BCUT2D eigenvalue weighted by molar-refractivity contribution is 5.64. The molecule has 5 rings (SSSR count). The van der Waals surface area contributed by atoms with Crippen LogP contribution in [0.5, 0.6) is 0 Å². The number of piperazine rings is 1. The zero-order valence-electron chi connectivity index (χ0n) is 15.0. The summed E-state index contributed by atoms with van der Waals surface area (Å²) in [6, 6.07) is 2.13. The van der Waals surface area contributed by atoms with Gasteiger partial charge in [0.2, 0.25) is 5.65 Å². The molecule has 0 atom stereocenters. The molecule has 0 N–H and O–H groups in total. The normalized spacial score (nSPS) is 18.7. The average molecular weight is 353 g/mol. The molecule has 0 spiro atoms. The average Bonchev–Trinajstić information content (AvgIpc) is 3.28. The zero-order chi connectivity index (χ0) is 17.5. The number of aryl methyl sites for hydroxylation is 1. The maximum Gasteiger partial charge on any atom is 0.203 e. The van der Waals surface area contributed by atoms with E-state index in [-0.39, 0.29) is 0 Å². The Morgan fingerprint density at radius 1 is 1.15 bits per heavy atom. The molecule has 4 heterocycles. The molecule has 0 bridgehead atoms. The van der Waals surface area contributed by atoms with Gasteiger partial charge in [-0.1, -0.05) is 12.1 Å². The predicted octanol–water partition coefficient (Wildman–Crippen LogP) is 1.87. The Balaban J connectivity index is 1.26. The second-order valence-electron chi connectivity index (χ2n) is 7.17. The molecule has 1 saturated carbocycles. The Bertz CT molecular complexity index is 905. The van der Waals surface area contributed by atoms with Crippen LogP contribution in [0.3, 0.4) is 0 Å². The summed E-state index contributed by atoms with van der Waals surface area (Å²) in [5.74, 6) is 3.58. The number of nitrogens with zero attached hydrogens (tertiary/aromatic N) is 7. The minimum absolute atomic E-state index is 0.621. The molecule has 2 fully saturated rings. The van der Waals surface area contributed by atoms with E-state index < -0.39 is 0 Å². The Labute approximate surface area is 151 Å². The number of hydrogen-bond acceptors (Lipinski definition) is 7. The van der Waals surface area contributed by atoms with Crippen LogP contribution in [0.15, 0.2) is 23.0 Å². The second kappa shape index (κ2) is 6.35. The molecule has 0 aromatic carbocycles. The first-order valence-corrected chi connectivity index (χ1v) is 9.43. The van der Waals surface area contributed by atoms with Crippen LogP contribution in [0.1, 0.15) is 43.0 Å². The van der Waals surface area contributed by atoms with E-state index in [1.54, 1.807) is 0 Å². The molecule has 1 aliphatic heterocycles. The zero-order valence-corrected chi connectivity index (χ0v) is 15.0. The number of aromatic nitrogens is 5. The van der Waals surface area contributed by atoms with E-state index in [1.165, 1.54) is 12.8 Å². The topological polar surface area (TPSA) is 75.6 Å². The molecule has 0 unspecified atom stereocenters. The molecule has 0 amide bonds. The van der Waals surface area contributed by atoms with E-state index in [4.69, 9.17) is 4.52 Å². The fraction of sp³-hybridized carbons (Fsp3) is 0.556. The van der Waals surface area contributed by atoms with Gasteiger partial charge in [-0.05, 0) is 12.8 Å². The van der Waals surface area contributed by atoms with E-state index in [1.807, 2.05) is 16.8 Å². The van der Waals surface area contributed by atoms with Gasteiger partial charge in [0.15, 0.2) is 5.82 Å². The van der Waals surface area contributed by atoms with Crippen molar-refractivity contribution in [3.8, 4) is 0 Å². The lowest BCUT2D eigenvalue weighted by Gasteiger charge is -2.34. The molecule has 8 nitrogen and oxygen atoms in total. The van der Waals surface area contributed by atoms with Crippen LogP contribution < -0.4 is 4.90 Å². The van der Waals surface area contributed by atoms with Gasteiger partial charge in [-0.15, -0.1) is 10.2 Å². The third kappa shape index (κ3) is 2.84. The maximum atomic E-state index is 5.47. The summed E-state index contributed by atoms with van der Waals surface area (Å²) in [7, 11) is 0. The molecule has 26 heavy (non-hydrogen) atoms. The monoisotopic (exact) mass is 353 g/mol. The molecule has 3 aromatic rings. The summed E-state index contributed by atoms with van der Waals surface area (Å²) >= 11 is 0. The Morgan fingerprint density at radius 3 is 2.77 bits per heavy atom. The summed E-state index contributed by atoms with van der Waals surface area (Å²) < 4.78 is 7.51. The summed E-state index contributed by atoms with van der Waals surface area (Å²) in [5, 5.41) is 12.9. The third-order valence-electron chi connectivity index (χ3n) is 5.31. The predicted molar refractivity (Wildman–Crippen MR) is 96.1 cm³/mol. The van der Waals surface area contributed by atoms with Gasteiger partial charge in [-0.25, -0.2) is 4.98 Å². The number of anilines is 1. The van der Waals surface area contributed by atoms with Crippen LogP contribution in [0.2, 0.25) is 0 Å². The lowest BCUT2D eigenvalue weighted by Crippen LogP contribution is -2.46. The highest BCUT2D eigenvalue weighted by Crippen LogP contribution is 2.40. The first-order valence-electron chi connectivity index (χ1n) is 9.43. The van der Waals surface area contributed by atoms with E-state index in [2.05, 4.69) is 43.1 Å². The molecule has 2 aliphatic rings. The van der Waals surface area contributed by atoms with Crippen molar-refractivity contribution in [1.82, 2.24) is 29.6 Å². The largest absolute Gasteiger partial charge is 0.361 e. The standard InChI is InChI=1S/C18H23N7O/c1-2-16-20-21-18-17(19-5-6-25(16)18)24-9-7-23(8-10-24)12-14-11-15(26-22-14)13-3-4-13/h5-6,11,13H,2-4,7-10,12H2,1H3. The molecule has 3 aromatic heterocycles. The lowest BCUT2D eigenvalue weighted by atomic mass is 10.2. The van der Waals surface area contributed by atoms with E-state index in [0.717, 1.165) is 67.9 Å². The molecular formula is C18H23N7O. The van der Waals surface area contributed by atoms with Crippen molar-refractivity contribution in [3.05, 3.63) is 35.7 Å². The lowest BCUT2D eigenvalue weighted by molar-refractivity contribution is 0.241. The van der Waals surface area contributed by atoms with Crippen molar-refractivity contribution in [3.63, 3.8) is 0 Å². The Kier molecular flexibility index (Phi) is 3.85. The number of hydrogen-bond donors (Lipinski definition) is 0. The minimum atomic E-state index is 0.621. The van der Waals surface area contributed by atoms with Crippen LogP contribution in [-0.2, 0) is 13.0 Å². The second-order valence-corrected chi connectivity index (χ2v) is 7.17. The number of fused-ring (bicyclic) bond motifs is 1. The Hall–Kier alpha value is -2.48. The van der Waals surface area contributed by atoms with Gasteiger partial charge >= 0.3 is 0 Å². The maximum absolute atomic E-state index is 5.47. The fourth-order valence-electron chi connectivity index (χ4n) is 3.64. The minimum Gasteiger partial charge on any atom is -0.361 e. The van der Waals surface area contributed by atoms with Crippen molar-refractivity contribution in [2.24, 2.45) is 0 Å². The van der Waals surface area contributed by atoms with E-state index in [0.29, 0.717) is 5.92 Å². The molecule has 1 aliphatic carbocycles. The summed E-state index contributed by atoms with van der Waals surface area (Å²) in [5.41, 5.74) is 1.90. The smallest absolute Gasteiger partial charge is 0.203 e. The number of rotatable bonds is 5. The highest BCUT2D eigenvalue weighted by atomic mass is 16.5. The first kappa shape index (κ1) is 15.7. The van der Waals surface area contributed by atoms with Crippen LogP contribution in [-0.4, -0.2) is 55.8 Å². The van der Waals surface area contributed by atoms with Crippen LogP contribution in [0, 0.1) is 0 Å².